The molecule has 0 atom stereocenters. The number of hydrogen-bond acceptors (Lipinski definition) is 2. The van der Waals surface area contributed by atoms with Crippen LogP contribution in [0, 0.1) is 0 Å². The Morgan fingerprint density at radius 3 is 2.39 bits per heavy atom. The fraction of sp³-hybridized carbons (Fsp3) is 0.500. The summed E-state index contributed by atoms with van der Waals surface area (Å²) in [5, 5.41) is 0. The number of allylic oxidation sites excluding steroid dienone is 1. The van der Waals surface area contributed by atoms with Gasteiger partial charge in [0.1, 0.15) is 12.4 Å². The van der Waals surface area contributed by atoms with E-state index in [1.54, 1.807) is 6.08 Å². The van der Waals surface area contributed by atoms with Crippen LogP contribution in [-0.2, 0) is 0 Å². The van der Waals surface area contributed by atoms with Crippen LogP contribution in [0.1, 0.15) is 26.2 Å². The molecule has 1 aromatic carbocycles. The molecule has 1 aliphatic rings. The molecule has 1 fully saturated rings. The van der Waals surface area contributed by atoms with Crippen molar-refractivity contribution in [3.8, 4) is 5.75 Å². The second-order valence-corrected chi connectivity index (χ2v) is 4.47. The first kappa shape index (κ1) is 14.8. The Balaban J connectivity index is 0.000000492. The van der Waals surface area contributed by atoms with Crippen molar-refractivity contribution in [2.45, 2.75) is 26.2 Å². The van der Waals surface area contributed by atoms with Crippen molar-refractivity contribution in [2.75, 3.05) is 26.2 Å². The smallest absolute Gasteiger partial charge is 0.119 e. The third-order valence-corrected chi connectivity index (χ3v) is 2.87. The Hall–Kier alpha value is -1.28. The molecule has 0 radical (unpaired) electrons. The quantitative estimate of drug-likeness (QED) is 0.751. The Kier molecular flexibility index (Phi) is 7.98. The minimum Gasteiger partial charge on any atom is -0.492 e. The van der Waals surface area contributed by atoms with Crippen LogP contribution in [0.2, 0.25) is 0 Å². The molecule has 0 bridgehead atoms. The molecule has 0 unspecified atom stereocenters. The highest BCUT2D eigenvalue weighted by Crippen LogP contribution is 2.10. The Morgan fingerprint density at radius 2 is 1.78 bits per heavy atom. The normalized spacial score (nSPS) is 15.4. The molecule has 0 aromatic heterocycles. The van der Waals surface area contributed by atoms with E-state index in [2.05, 4.69) is 11.5 Å². The molecule has 1 aromatic rings. The summed E-state index contributed by atoms with van der Waals surface area (Å²) in [6.07, 6.45) is 5.85. The molecule has 0 amide bonds. The van der Waals surface area contributed by atoms with Crippen molar-refractivity contribution in [3.63, 3.8) is 0 Å². The second-order valence-electron chi connectivity index (χ2n) is 4.47. The summed E-state index contributed by atoms with van der Waals surface area (Å²) < 4.78 is 5.67. The second kappa shape index (κ2) is 9.72. The standard InChI is InChI=1S/C13H19NO.C3H6/c1-3-7-13(8-4-1)15-12-11-14-9-5-2-6-10-14;1-3-2/h1,3-4,7-8H,2,5-6,9-12H2;3H,1H2,2H3. The molecule has 0 saturated carbocycles. The van der Waals surface area contributed by atoms with Gasteiger partial charge in [-0.25, -0.2) is 0 Å². The third kappa shape index (κ3) is 6.45. The molecule has 0 aliphatic carbocycles. The van der Waals surface area contributed by atoms with Crippen LogP contribution in [0.5, 0.6) is 5.75 Å². The molecule has 0 N–H and O–H groups in total. The van der Waals surface area contributed by atoms with E-state index in [4.69, 9.17) is 4.74 Å². The third-order valence-electron chi connectivity index (χ3n) is 2.87. The van der Waals surface area contributed by atoms with Crippen molar-refractivity contribution >= 4 is 0 Å². The van der Waals surface area contributed by atoms with Crippen LogP contribution >= 0.6 is 0 Å². The molecule has 0 spiro atoms. The van der Waals surface area contributed by atoms with Crippen molar-refractivity contribution in [3.05, 3.63) is 43.0 Å². The first-order valence-electron chi connectivity index (χ1n) is 6.84. The van der Waals surface area contributed by atoms with E-state index in [0.717, 1.165) is 18.9 Å². The van der Waals surface area contributed by atoms with Gasteiger partial charge < -0.3 is 4.74 Å². The predicted molar refractivity (Wildman–Crippen MR) is 78.1 cm³/mol. The van der Waals surface area contributed by atoms with E-state index in [-0.39, 0.29) is 0 Å². The van der Waals surface area contributed by atoms with Crippen LogP contribution < -0.4 is 4.74 Å². The van der Waals surface area contributed by atoms with Gasteiger partial charge in [-0.15, -0.1) is 6.58 Å². The molecule has 2 heteroatoms. The average Bonchev–Trinajstić information content (AvgIpc) is 2.42. The molecular weight excluding hydrogens is 222 g/mol. The largest absolute Gasteiger partial charge is 0.492 e. The lowest BCUT2D eigenvalue weighted by molar-refractivity contribution is 0.183. The van der Waals surface area contributed by atoms with E-state index in [0.29, 0.717) is 0 Å². The first-order chi connectivity index (χ1) is 8.86. The minimum absolute atomic E-state index is 0.810. The molecule has 1 saturated heterocycles. The number of benzene rings is 1. The number of rotatable bonds is 4. The highest BCUT2D eigenvalue weighted by molar-refractivity contribution is 5.20. The SMILES string of the molecule is C=CC.c1ccc(OCCN2CCCCC2)cc1. The van der Waals surface area contributed by atoms with Gasteiger partial charge in [0, 0.05) is 6.54 Å². The number of ether oxygens (including phenoxy) is 1. The molecule has 2 nitrogen and oxygen atoms in total. The van der Waals surface area contributed by atoms with Crippen LogP contribution in [0.4, 0.5) is 0 Å². The van der Waals surface area contributed by atoms with Gasteiger partial charge in [-0.05, 0) is 45.0 Å². The summed E-state index contributed by atoms with van der Waals surface area (Å²) >= 11 is 0. The van der Waals surface area contributed by atoms with Gasteiger partial charge in [0.05, 0.1) is 0 Å². The van der Waals surface area contributed by atoms with Gasteiger partial charge in [-0.3, -0.25) is 4.90 Å². The van der Waals surface area contributed by atoms with E-state index in [1.165, 1.54) is 32.4 Å². The Bertz CT molecular complexity index is 304. The predicted octanol–water partition coefficient (Wildman–Crippen LogP) is 3.74. The van der Waals surface area contributed by atoms with Crippen LogP contribution in [0.3, 0.4) is 0 Å². The lowest BCUT2D eigenvalue weighted by Crippen LogP contribution is -2.33. The number of hydrogen-bond donors (Lipinski definition) is 0. The van der Waals surface area contributed by atoms with Gasteiger partial charge in [-0.1, -0.05) is 30.7 Å². The fourth-order valence-corrected chi connectivity index (χ4v) is 1.99. The van der Waals surface area contributed by atoms with Gasteiger partial charge in [-0.2, -0.15) is 0 Å². The van der Waals surface area contributed by atoms with E-state index in [1.807, 2.05) is 37.3 Å². The number of nitrogens with zero attached hydrogens (tertiary/aromatic N) is 1. The van der Waals surface area contributed by atoms with Crippen molar-refractivity contribution in [2.24, 2.45) is 0 Å². The summed E-state index contributed by atoms with van der Waals surface area (Å²) in [6, 6.07) is 10.1. The number of para-hydroxylation sites is 1. The van der Waals surface area contributed by atoms with Crippen LogP contribution in [0.15, 0.2) is 43.0 Å². The lowest BCUT2D eigenvalue weighted by atomic mass is 10.1. The molecule has 1 aliphatic heterocycles. The van der Waals surface area contributed by atoms with E-state index >= 15 is 0 Å². The molecule has 1 heterocycles. The average molecular weight is 247 g/mol. The maximum atomic E-state index is 5.67. The van der Waals surface area contributed by atoms with Crippen molar-refractivity contribution in [1.29, 1.82) is 0 Å². The summed E-state index contributed by atoms with van der Waals surface area (Å²) in [5.74, 6) is 0.981. The van der Waals surface area contributed by atoms with E-state index < -0.39 is 0 Å². The van der Waals surface area contributed by atoms with Gasteiger partial charge in [0.15, 0.2) is 0 Å². The maximum Gasteiger partial charge on any atom is 0.119 e. The molecule has 2 rings (SSSR count). The zero-order valence-electron chi connectivity index (χ0n) is 11.5. The van der Waals surface area contributed by atoms with Crippen LogP contribution in [0.25, 0.3) is 0 Å². The lowest BCUT2D eigenvalue weighted by Gasteiger charge is -2.26. The van der Waals surface area contributed by atoms with Gasteiger partial charge in [0.25, 0.3) is 0 Å². The van der Waals surface area contributed by atoms with Crippen molar-refractivity contribution < 1.29 is 4.74 Å². The Morgan fingerprint density at radius 1 is 1.17 bits per heavy atom. The Labute approximate surface area is 111 Å². The summed E-state index contributed by atoms with van der Waals surface area (Å²) in [4.78, 5) is 2.49. The maximum absolute atomic E-state index is 5.67. The highest BCUT2D eigenvalue weighted by Gasteiger charge is 2.09. The zero-order valence-corrected chi connectivity index (χ0v) is 11.5. The molecule has 18 heavy (non-hydrogen) atoms. The summed E-state index contributed by atoms with van der Waals surface area (Å²) in [7, 11) is 0. The summed E-state index contributed by atoms with van der Waals surface area (Å²) in [5.41, 5.74) is 0. The highest BCUT2D eigenvalue weighted by atomic mass is 16.5. The van der Waals surface area contributed by atoms with Crippen LogP contribution in [-0.4, -0.2) is 31.1 Å². The topological polar surface area (TPSA) is 12.5 Å². The fourth-order valence-electron chi connectivity index (χ4n) is 1.99. The van der Waals surface area contributed by atoms with Gasteiger partial charge in [0.2, 0.25) is 0 Å². The zero-order chi connectivity index (χ0) is 13.1. The summed E-state index contributed by atoms with van der Waals surface area (Å²) in [6.45, 7) is 9.62. The van der Waals surface area contributed by atoms with E-state index in [9.17, 15) is 0 Å². The first-order valence-corrected chi connectivity index (χ1v) is 6.84. The number of likely N-dealkylation sites (tertiary alicyclic amines) is 1. The monoisotopic (exact) mass is 247 g/mol. The van der Waals surface area contributed by atoms with Gasteiger partial charge >= 0.3 is 0 Å². The van der Waals surface area contributed by atoms with Crippen molar-refractivity contribution in [1.82, 2.24) is 4.90 Å². The molecular formula is C16H25NO. The minimum atomic E-state index is 0.810. The molecule has 100 valence electrons. The number of piperidine rings is 1.